The van der Waals surface area contributed by atoms with Gasteiger partial charge in [-0.05, 0) is 71.8 Å². The zero-order valence-corrected chi connectivity index (χ0v) is 26.0. The van der Waals surface area contributed by atoms with Gasteiger partial charge in [0.1, 0.15) is 12.1 Å². The van der Waals surface area contributed by atoms with Crippen LogP contribution in [0.5, 0.6) is 0 Å². The standard InChI is InChI=1S/C42H18N8/c1-47-31-9-13-35-33-11-3-25(21-43)15-39(33)49(41(35)19-31)37-17-27(5-7-29(37)23-45)28-6-8-30(24-46)38(18-28)50-40-16-26(22-44)4-12-34(40)36-14-10-32(48-2)20-42(36)50/h3-20H. The van der Waals surface area contributed by atoms with Crippen LogP contribution in [0, 0.1) is 58.5 Å². The van der Waals surface area contributed by atoms with Crippen molar-refractivity contribution in [3.63, 3.8) is 0 Å². The average Bonchev–Trinajstić information content (AvgIpc) is 3.67. The van der Waals surface area contributed by atoms with Gasteiger partial charge in [0.15, 0.2) is 11.4 Å². The van der Waals surface area contributed by atoms with Crippen LogP contribution in [0.4, 0.5) is 11.4 Å². The second-order valence-corrected chi connectivity index (χ2v) is 11.7. The number of hydrogen-bond donors (Lipinski definition) is 0. The van der Waals surface area contributed by atoms with Crippen LogP contribution in [0.15, 0.2) is 109 Å². The highest BCUT2D eigenvalue weighted by Gasteiger charge is 2.20. The van der Waals surface area contributed by atoms with E-state index in [1.165, 1.54) is 0 Å². The normalized spacial score (nSPS) is 10.7. The van der Waals surface area contributed by atoms with E-state index in [0.29, 0.717) is 45.0 Å². The summed E-state index contributed by atoms with van der Waals surface area (Å²) in [4.78, 5) is 7.28. The Bertz CT molecular complexity index is 2710. The Hall–Kier alpha value is -8.14. The van der Waals surface area contributed by atoms with Gasteiger partial charge in [-0.15, -0.1) is 0 Å². The van der Waals surface area contributed by atoms with Crippen LogP contribution in [0.1, 0.15) is 22.3 Å². The van der Waals surface area contributed by atoms with Crippen LogP contribution < -0.4 is 0 Å². The smallest absolute Gasteiger partial charge is 0.189 e. The molecule has 0 saturated heterocycles. The van der Waals surface area contributed by atoms with Gasteiger partial charge in [-0.1, -0.05) is 48.5 Å². The van der Waals surface area contributed by atoms with Crippen molar-refractivity contribution < 1.29 is 0 Å². The molecular weight excluding hydrogens is 617 g/mol. The minimum absolute atomic E-state index is 0.398. The Morgan fingerprint density at radius 3 is 1.16 bits per heavy atom. The molecule has 0 bridgehead atoms. The molecule has 0 unspecified atom stereocenters. The first-order chi connectivity index (χ1) is 24.5. The van der Waals surface area contributed by atoms with Crippen molar-refractivity contribution in [2.45, 2.75) is 0 Å². The van der Waals surface area contributed by atoms with Crippen molar-refractivity contribution >= 4 is 55.0 Å². The molecular formula is C42H18N8. The highest BCUT2D eigenvalue weighted by molar-refractivity contribution is 6.12. The molecule has 50 heavy (non-hydrogen) atoms. The molecule has 8 nitrogen and oxygen atoms in total. The van der Waals surface area contributed by atoms with E-state index in [2.05, 4.69) is 34.0 Å². The molecule has 0 amide bonds. The Morgan fingerprint density at radius 1 is 0.420 bits per heavy atom. The van der Waals surface area contributed by atoms with Crippen molar-refractivity contribution in [3.05, 3.63) is 154 Å². The minimum Gasteiger partial charge on any atom is -0.309 e. The van der Waals surface area contributed by atoms with Gasteiger partial charge in [-0.25, -0.2) is 9.69 Å². The van der Waals surface area contributed by atoms with E-state index in [0.717, 1.165) is 54.7 Å². The molecule has 0 N–H and O–H groups in total. The van der Waals surface area contributed by atoms with Gasteiger partial charge < -0.3 is 9.13 Å². The van der Waals surface area contributed by atoms with E-state index in [9.17, 15) is 21.0 Å². The lowest BCUT2D eigenvalue weighted by Crippen LogP contribution is -2.00. The summed E-state index contributed by atoms with van der Waals surface area (Å²) >= 11 is 0. The summed E-state index contributed by atoms with van der Waals surface area (Å²) in [6, 6.07) is 41.8. The van der Waals surface area contributed by atoms with Crippen LogP contribution in [-0.4, -0.2) is 9.13 Å². The third-order valence-corrected chi connectivity index (χ3v) is 9.07. The zero-order valence-electron chi connectivity index (χ0n) is 26.0. The monoisotopic (exact) mass is 634 g/mol. The summed E-state index contributed by atoms with van der Waals surface area (Å²) in [7, 11) is 0. The first-order valence-corrected chi connectivity index (χ1v) is 15.3. The summed E-state index contributed by atoms with van der Waals surface area (Å²) in [5.41, 5.74) is 8.20. The van der Waals surface area contributed by atoms with Gasteiger partial charge in [0.2, 0.25) is 0 Å². The number of fused-ring (bicyclic) bond motifs is 6. The highest BCUT2D eigenvalue weighted by Crippen LogP contribution is 2.39. The van der Waals surface area contributed by atoms with Gasteiger partial charge in [-0.2, -0.15) is 21.0 Å². The fraction of sp³-hybridized carbons (Fsp3) is 0. The van der Waals surface area contributed by atoms with Crippen molar-refractivity contribution in [3.8, 4) is 46.8 Å². The van der Waals surface area contributed by atoms with E-state index < -0.39 is 0 Å². The maximum atomic E-state index is 10.3. The molecule has 226 valence electrons. The molecule has 0 spiro atoms. The van der Waals surface area contributed by atoms with Gasteiger partial charge in [0, 0.05) is 32.6 Å². The van der Waals surface area contributed by atoms with Crippen LogP contribution >= 0.6 is 0 Å². The summed E-state index contributed by atoms with van der Waals surface area (Å²) in [5, 5.41) is 43.6. The predicted molar refractivity (Wildman–Crippen MR) is 192 cm³/mol. The maximum absolute atomic E-state index is 10.3. The lowest BCUT2D eigenvalue weighted by atomic mass is 9.99. The van der Waals surface area contributed by atoms with Crippen LogP contribution in [-0.2, 0) is 0 Å². The molecule has 0 aliphatic carbocycles. The third kappa shape index (κ3) is 4.33. The van der Waals surface area contributed by atoms with E-state index in [1.807, 2.05) is 57.7 Å². The number of nitrogens with zero attached hydrogens (tertiary/aromatic N) is 8. The molecule has 2 aromatic heterocycles. The molecule has 2 heterocycles. The Labute approximate surface area is 285 Å². The van der Waals surface area contributed by atoms with E-state index in [1.54, 1.807) is 60.7 Å². The van der Waals surface area contributed by atoms with E-state index in [4.69, 9.17) is 13.1 Å². The molecule has 0 aliphatic heterocycles. The van der Waals surface area contributed by atoms with E-state index in [-0.39, 0.29) is 0 Å². The Morgan fingerprint density at radius 2 is 0.800 bits per heavy atom. The fourth-order valence-electron chi connectivity index (χ4n) is 6.79. The van der Waals surface area contributed by atoms with Crippen molar-refractivity contribution in [2.75, 3.05) is 0 Å². The molecule has 0 radical (unpaired) electrons. The average molecular weight is 635 g/mol. The van der Waals surface area contributed by atoms with Crippen LogP contribution in [0.2, 0.25) is 0 Å². The maximum Gasteiger partial charge on any atom is 0.189 e. The Kier molecular flexibility index (Phi) is 6.60. The summed E-state index contributed by atoms with van der Waals surface area (Å²) in [5.74, 6) is 0. The van der Waals surface area contributed by atoms with Gasteiger partial charge in [0.25, 0.3) is 0 Å². The summed E-state index contributed by atoms with van der Waals surface area (Å²) in [6.45, 7) is 15.3. The molecule has 8 aromatic rings. The number of aromatic nitrogens is 2. The molecule has 0 fully saturated rings. The largest absolute Gasteiger partial charge is 0.309 e. The summed E-state index contributed by atoms with van der Waals surface area (Å²) < 4.78 is 3.85. The van der Waals surface area contributed by atoms with E-state index >= 15 is 0 Å². The van der Waals surface area contributed by atoms with Gasteiger partial charge in [-0.3, -0.25) is 0 Å². The predicted octanol–water partition coefficient (Wildman–Crippen LogP) is 10.1. The zero-order chi connectivity index (χ0) is 34.5. The summed E-state index contributed by atoms with van der Waals surface area (Å²) in [6.07, 6.45) is 0. The lowest BCUT2D eigenvalue weighted by Gasteiger charge is -2.15. The molecule has 0 saturated carbocycles. The molecule has 8 heteroatoms. The third-order valence-electron chi connectivity index (χ3n) is 9.07. The van der Waals surface area contributed by atoms with Crippen molar-refractivity contribution in [1.82, 2.24) is 9.13 Å². The molecule has 0 aliphatic rings. The first kappa shape index (κ1) is 29.3. The van der Waals surface area contributed by atoms with Crippen LogP contribution in [0.25, 0.3) is 75.8 Å². The Balaban J connectivity index is 1.41. The first-order valence-electron chi connectivity index (χ1n) is 15.3. The number of rotatable bonds is 3. The number of nitriles is 4. The highest BCUT2D eigenvalue weighted by atomic mass is 15.0. The SMILES string of the molecule is [C-]#[N+]c1ccc2c3ccc(C#N)cc3n(-c3cc(-c4ccc(C#N)c(-n5c6cc(C#N)ccc6c6ccc([N+]#[C-])cc65)c4)ccc3C#N)c2c1. The van der Waals surface area contributed by atoms with Gasteiger partial charge in [0.05, 0.1) is 69.9 Å². The minimum atomic E-state index is 0.398. The van der Waals surface area contributed by atoms with Gasteiger partial charge >= 0.3 is 0 Å². The lowest BCUT2D eigenvalue weighted by molar-refractivity contribution is 1.16. The van der Waals surface area contributed by atoms with Crippen molar-refractivity contribution in [2.24, 2.45) is 0 Å². The second kappa shape index (κ2) is 11.3. The second-order valence-electron chi connectivity index (χ2n) is 11.7. The fourth-order valence-corrected chi connectivity index (χ4v) is 6.79. The number of hydrogen-bond acceptors (Lipinski definition) is 4. The molecule has 8 rings (SSSR count). The molecule has 0 atom stereocenters. The van der Waals surface area contributed by atoms with Crippen LogP contribution in [0.3, 0.4) is 0 Å². The quantitative estimate of drug-likeness (QED) is 0.180. The number of benzene rings is 6. The topological polar surface area (TPSA) is 114 Å². The molecule has 6 aromatic carbocycles. The van der Waals surface area contributed by atoms with Crippen molar-refractivity contribution in [1.29, 1.82) is 21.0 Å².